The van der Waals surface area contributed by atoms with Crippen molar-refractivity contribution in [1.82, 2.24) is 15.5 Å². The van der Waals surface area contributed by atoms with E-state index >= 15 is 0 Å². The average Bonchev–Trinajstić information content (AvgIpc) is 2.92. The molecular weight excluding hydrogens is 242 g/mol. The molecule has 5 nitrogen and oxygen atoms in total. The number of nitrogens with zero attached hydrogens (tertiary/aromatic N) is 2. The quantitative estimate of drug-likeness (QED) is 0.821. The number of nitrogens with one attached hydrogen (secondary N) is 1. The Morgan fingerprint density at radius 2 is 2.11 bits per heavy atom. The second kappa shape index (κ2) is 6.01. The first kappa shape index (κ1) is 13.1. The van der Waals surface area contributed by atoms with Crippen LogP contribution in [0.1, 0.15) is 63.3 Å². The monoisotopic (exact) mass is 265 g/mol. The Balaban J connectivity index is 1.55. The first-order chi connectivity index (χ1) is 9.36. The first-order valence-corrected chi connectivity index (χ1v) is 7.54. The summed E-state index contributed by atoms with van der Waals surface area (Å²) in [6.45, 7) is 3.39. The van der Waals surface area contributed by atoms with E-state index in [0.29, 0.717) is 31.0 Å². The fourth-order valence-corrected chi connectivity index (χ4v) is 2.82. The van der Waals surface area contributed by atoms with Crippen molar-refractivity contribution in [1.29, 1.82) is 0 Å². The predicted molar refractivity (Wildman–Crippen MR) is 70.5 cm³/mol. The maximum atomic E-state index is 5.74. The number of hydrogen-bond acceptors (Lipinski definition) is 5. The maximum absolute atomic E-state index is 5.74. The van der Waals surface area contributed by atoms with Gasteiger partial charge in [-0.15, -0.1) is 0 Å². The first-order valence-electron chi connectivity index (χ1n) is 7.54. The van der Waals surface area contributed by atoms with Crippen LogP contribution < -0.4 is 5.32 Å². The third kappa shape index (κ3) is 3.34. The highest BCUT2D eigenvalue weighted by molar-refractivity contribution is 4.98. The van der Waals surface area contributed by atoms with Crippen LogP contribution in [-0.4, -0.2) is 22.8 Å². The molecule has 2 aliphatic rings. The molecule has 0 aliphatic heterocycles. The van der Waals surface area contributed by atoms with Crippen molar-refractivity contribution in [3.8, 4) is 0 Å². The van der Waals surface area contributed by atoms with Gasteiger partial charge in [0.25, 0.3) is 0 Å². The minimum atomic E-state index is 0.0361. The lowest BCUT2D eigenvalue weighted by Crippen LogP contribution is -2.25. The Labute approximate surface area is 114 Å². The topological polar surface area (TPSA) is 60.2 Å². The number of ether oxygens (including phenoxy) is 1. The molecule has 1 unspecified atom stereocenters. The highest BCUT2D eigenvalue weighted by Gasteiger charge is 2.36. The minimum Gasteiger partial charge on any atom is -0.370 e. The van der Waals surface area contributed by atoms with Gasteiger partial charge < -0.3 is 14.6 Å². The van der Waals surface area contributed by atoms with E-state index in [2.05, 4.69) is 15.5 Å². The van der Waals surface area contributed by atoms with E-state index in [1.54, 1.807) is 0 Å². The van der Waals surface area contributed by atoms with Gasteiger partial charge in [-0.3, -0.25) is 0 Å². The lowest BCUT2D eigenvalue weighted by molar-refractivity contribution is 0.0384. The largest absolute Gasteiger partial charge is 0.370 e. The van der Waals surface area contributed by atoms with Gasteiger partial charge in [0.1, 0.15) is 6.10 Å². The molecule has 1 aromatic rings. The van der Waals surface area contributed by atoms with E-state index in [-0.39, 0.29) is 6.10 Å². The van der Waals surface area contributed by atoms with Gasteiger partial charge in [0, 0.05) is 12.6 Å². The van der Waals surface area contributed by atoms with Crippen LogP contribution in [0.3, 0.4) is 0 Å². The molecule has 2 fully saturated rings. The maximum Gasteiger partial charge on any atom is 0.240 e. The molecule has 2 saturated carbocycles. The third-order valence-electron chi connectivity index (χ3n) is 4.03. The van der Waals surface area contributed by atoms with E-state index in [1.165, 1.54) is 38.5 Å². The molecule has 0 radical (unpaired) electrons. The smallest absolute Gasteiger partial charge is 0.240 e. The standard InChI is InChI=1S/C14H23N3O2/c1-2-18-13(10-7-8-10)14-16-12(19-17-14)9-15-11-5-3-4-6-11/h10-11,13,15H,2-9H2,1H3. The molecule has 0 spiro atoms. The summed E-state index contributed by atoms with van der Waals surface area (Å²) in [5, 5.41) is 7.58. The normalized spacial score (nSPS) is 21.9. The molecule has 3 rings (SSSR count). The lowest BCUT2D eigenvalue weighted by atomic mass is 10.2. The van der Waals surface area contributed by atoms with E-state index in [4.69, 9.17) is 9.26 Å². The molecule has 2 aliphatic carbocycles. The van der Waals surface area contributed by atoms with E-state index in [0.717, 1.165) is 5.82 Å². The van der Waals surface area contributed by atoms with Gasteiger partial charge in [-0.25, -0.2) is 0 Å². The van der Waals surface area contributed by atoms with Crippen LogP contribution in [0.5, 0.6) is 0 Å². The van der Waals surface area contributed by atoms with Gasteiger partial charge in [-0.1, -0.05) is 18.0 Å². The Bertz CT molecular complexity index is 397. The van der Waals surface area contributed by atoms with Crippen LogP contribution in [0.15, 0.2) is 4.52 Å². The lowest BCUT2D eigenvalue weighted by Gasteiger charge is -2.11. The molecule has 1 atom stereocenters. The second-order valence-corrected chi connectivity index (χ2v) is 5.62. The molecular formula is C14H23N3O2. The number of rotatable bonds is 7. The summed E-state index contributed by atoms with van der Waals surface area (Å²) >= 11 is 0. The number of aromatic nitrogens is 2. The van der Waals surface area contributed by atoms with Crippen LogP contribution in [0.25, 0.3) is 0 Å². The molecule has 5 heteroatoms. The summed E-state index contributed by atoms with van der Waals surface area (Å²) < 4.78 is 11.1. The molecule has 19 heavy (non-hydrogen) atoms. The Hall–Kier alpha value is -0.940. The zero-order chi connectivity index (χ0) is 13.1. The van der Waals surface area contributed by atoms with E-state index in [1.807, 2.05) is 6.92 Å². The van der Waals surface area contributed by atoms with Crippen molar-refractivity contribution >= 4 is 0 Å². The molecule has 0 saturated heterocycles. The van der Waals surface area contributed by atoms with Crippen molar-refractivity contribution < 1.29 is 9.26 Å². The van der Waals surface area contributed by atoms with Gasteiger partial charge in [0.15, 0.2) is 0 Å². The zero-order valence-electron chi connectivity index (χ0n) is 11.6. The molecule has 1 heterocycles. The number of hydrogen-bond donors (Lipinski definition) is 1. The molecule has 0 amide bonds. The van der Waals surface area contributed by atoms with Gasteiger partial charge in [-0.05, 0) is 38.5 Å². The summed E-state index contributed by atoms with van der Waals surface area (Å²) in [4.78, 5) is 4.49. The van der Waals surface area contributed by atoms with Crippen LogP contribution in [0, 0.1) is 5.92 Å². The SMILES string of the molecule is CCOC(c1noc(CNC2CCCC2)n1)C1CC1. The second-order valence-electron chi connectivity index (χ2n) is 5.62. The average molecular weight is 265 g/mol. The Kier molecular flexibility index (Phi) is 4.13. The summed E-state index contributed by atoms with van der Waals surface area (Å²) in [6, 6.07) is 0.626. The van der Waals surface area contributed by atoms with Crippen LogP contribution in [0.2, 0.25) is 0 Å². The van der Waals surface area contributed by atoms with Crippen LogP contribution in [0.4, 0.5) is 0 Å². The molecule has 0 bridgehead atoms. The van der Waals surface area contributed by atoms with Crippen molar-refractivity contribution in [3.63, 3.8) is 0 Å². The Morgan fingerprint density at radius 3 is 2.79 bits per heavy atom. The van der Waals surface area contributed by atoms with Gasteiger partial charge in [0.2, 0.25) is 11.7 Å². The predicted octanol–water partition coefficient (Wildman–Crippen LogP) is 2.59. The van der Waals surface area contributed by atoms with Gasteiger partial charge in [0.05, 0.1) is 6.54 Å². The summed E-state index contributed by atoms with van der Waals surface area (Å²) in [5.74, 6) is 2.01. The fraction of sp³-hybridized carbons (Fsp3) is 0.857. The molecule has 1 N–H and O–H groups in total. The summed E-state index contributed by atoms with van der Waals surface area (Å²) in [7, 11) is 0. The van der Waals surface area contributed by atoms with Crippen molar-refractivity contribution in [3.05, 3.63) is 11.7 Å². The van der Waals surface area contributed by atoms with Crippen molar-refractivity contribution in [2.45, 2.75) is 64.1 Å². The molecule has 106 valence electrons. The van der Waals surface area contributed by atoms with E-state index in [9.17, 15) is 0 Å². The summed E-state index contributed by atoms with van der Waals surface area (Å²) in [5.41, 5.74) is 0. The zero-order valence-corrected chi connectivity index (χ0v) is 11.6. The summed E-state index contributed by atoms with van der Waals surface area (Å²) in [6.07, 6.45) is 7.68. The van der Waals surface area contributed by atoms with Crippen LogP contribution in [-0.2, 0) is 11.3 Å². The molecule has 0 aromatic carbocycles. The third-order valence-corrected chi connectivity index (χ3v) is 4.03. The van der Waals surface area contributed by atoms with Crippen molar-refractivity contribution in [2.24, 2.45) is 5.92 Å². The van der Waals surface area contributed by atoms with E-state index < -0.39 is 0 Å². The van der Waals surface area contributed by atoms with Gasteiger partial charge in [-0.2, -0.15) is 4.98 Å². The minimum absolute atomic E-state index is 0.0361. The Morgan fingerprint density at radius 1 is 1.32 bits per heavy atom. The highest BCUT2D eigenvalue weighted by Crippen LogP contribution is 2.42. The highest BCUT2D eigenvalue weighted by atomic mass is 16.5. The molecule has 1 aromatic heterocycles. The fourth-order valence-electron chi connectivity index (χ4n) is 2.82. The van der Waals surface area contributed by atoms with Crippen LogP contribution >= 0.6 is 0 Å². The van der Waals surface area contributed by atoms with Crippen molar-refractivity contribution in [2.75, 3.05) is 6.61 Å². The van der Waals surface area contributed by atoms with Gasteiger partial charge >= 0.3 is 0 Å².